The number of pyridine rings is 1. The van der Waals surface area contributed by atoms with Crippen LogP contribution in [0.5, 0.6) is 5.88 Å². The van der Waals surface area contributed by atoms with Crippen LogP contribution in [0.3, 0.4) is 0 Å². The van der Waals surface area contributed by atoms with E-state index < -0.39 is 0 Å². The highest BCUT2D eigenvalue weighted by molar-refractivity contribution is 5.51. The zero-order valence-corrected chi connectivity index (χ0v) is 7.47. The molecule has 0 saturated heterocycles. The molecule has 0 amide bonds. The van der Waals surface area contributed by atoms with Crippen molar-refractivity contribution in [2.45, 2.75) is 0 Å². The number of aromatic nitrogens is 3. The van der Waals surface area contributed by atoms with Gasteiger partial charge in [0.15, 0.2) is 0 Å². The fourth-order valence-corrected chi connectivity index (χ4v) is 0.979. The Hall–Kier alpha value is -2.11. The Kier molecular flexibility index (Phi) is 2.02. The second-order valence-corrected chi connectivity index (χ2v) is 2.53. The van der Waals surface area contributed by atoms with Gasteiger partial charge in [0.2, 0.25) is 5.88 Å². The van der Waals surface area contributed by atoms with Crippen LogP contribution in [0.15, 0.2) is 22.7 Å². The van der Waals surface area contributed by atoms with Crippen LogP contribution in [-0.2, 0) is 0 Å². The summed E-state index contributed by atoms with van der Waals surface area (Å²) in [6, 6.07) is 3.50. The molecule has 2 aromatic heterocycles. The van der Waals surface area contributed by atoms with Gasteiger partial charge in [0.05, 0.1) is 12.7 Å². The molecule has 0 aliphatic heterocycles. The predicted octanol–water partition coefficient (Wildman–Crippen LogP) is 0.722. The molecule has 6 heteroatoms. The Labute approximate surface area is 79.7 Å². The van der Waals surface area contributed by atoms with Crippen molar-refractivity contribution in [1.82, 2.24) is 15.2 Å². The Morgan fingerprint density at radius 2 is 2.21 bits per heavy atom. The molecule has 0 unspecified atom stereocenters. The average Bonchev–Trinajstić information content (AvgIpc) is 2.65. The van der Waals surface area contributed by atoms with Crippen molar-refractivity contribution in [2.75, 3.05) is 12.8 Å². The van der Waals surface area contributed by atoms with Gasteiger partial charge >= 0.3 is 6.01 Å². The Balaban J connectivity index is 2.33. The molecular weight excluding hydrogens is 184 g/mol. The number of ether oxygens (including phenoxy) is 1. The minimum absolute atomic E-state index is 0.0378. The number of hydrogen-bond acceptors (Lipinski definition) is 6. The summed E-state index contributed by atoms with van der Waals surface area (Å²) in [6.45, 7) is 0. The number of nitrogens with zero attached hydrogens (tertiary/aromatic N) is 3. The van der Waals surface area contributed by atoms with E-state index in [0.29, 0.717) is 17.3 Å². The summed E-state index contributed by atoms with van der Waals surface area (Å²) >= 11 is 0. The van der Waals surface area contributed by atoms with Crippen LogP contribution >= 0.6 is 0 Å². The zero-order chi connectivity index (χ0) is 9.97. The molecule has 72 valence electrons. The molecule has 2 aromatic rings. The predicted molar refractivity (Wildman–Crippen MR) is 48.5 cm³/mol. The van der Waals surface area contributed by atoms with E-state index in [1.165, 1.54) is 0 Å². The first-order valence-corrected chi connectivity index (χ1v) is 3.89. The van der Waals surface area contributed by atoms with Crippen molar-refractivity contribution in [1.29, 1.82) is 0 Å². The summed E-state index contributed by atoms with van der Waals surface area (Å²) in [4.78, 5) is 3.99. The lowest BCUT2D eigenvalue weighted by atomic mass is 10.3. The maximum Gasteiger partial charge on any atom is 0.313 e. The Bertz CT molecular complexity index is 423. The van der Waals surface area contributed by atoms with Crippen LogP contribution in [0.25, 0.3) is 11.5 Å². The molecule has 0 fully saturated rings. The molecule has 2 heterocycles. The number of hydrogen-bond donors (Lipinski definition) is 1. The standard InChI is InChI=1S/C8H8N4O2/c1-13-6-3-2-5(4-10-6)7-11-12-8(9)14-7/h2-4H,1H3,(H2,9,12). The van der Waals surface area contributed by atoms with Crippen LogP contribution in [0, 0.1) is 0 Å². The molecule has 0 bridgehead atoms. The lowest BCUT2D eigenvalue weighted by Gasteiger charge is -1.97. The fraction of sp³-hybridized carbons (Fsp3) is 0.125. The first-order chi connectivity index (χ1) is 6.79. The maximum atomic E-state index is 5.29. The van der Waals surface area contributed by atoms with Gasteiger partial charge in [-0.1, -0.05) is 5.10 Å². The third-order valence-corrected chi connectivity index (χ3v) is 1.63. The smallest absolute Gasteiger partial charge is 0.313 e. The monoisotopic (exact) mass is 192 g/mol. The van der Waals surface area contributed by atoms with Crippen molar-refractivity contribution < 1.29 is 9.15 Å². The molecule has 0 aliphatic carbocycles. The van der Waals surface area contributed by atoms with Crippen molar-refractivity contribution >= 4 is 6.01 Å². The lowest BCUT2D eigenvalue weighted by molar-refractivity contribution is 0.398. The van der Waals surface area contributed by atoms with Gasteiger partial charge < -0.3 is 14.9 Å². The SMILES string of the molecule is COc1ccc(-c2nnc(N)o2)cn1. The second-order valence-electron chi connectivity index (χ2n) is 2.53. The number of methoxy groups -OCH3 is 1. The highest BCUT2D eigenvalue weighted by Gasteiger charge is 2.06. The maximum absolute atomic E-state index is 5.29. The molecule has 2 rings (SSSR count). The van der Waals surface area contributed by atoms with Gasteiger partial charge in [-0.05, 0) is 6.07 Å². The van der Waals surface area contributed by atoms with Crippen molar-refractivity contribution in [3.8, 4) is 17.3 Å². The van der Waals surface area contributed by atoms with E-state index in [2.05, 4.69) is 15.2 Å². The van der Waals surface area contributed by atoms with Crippen LogP contribution in [-0.4, -0.2) is 22.3 Å². The molecule has 0 atom stereocenters. The van der Waals surface area contributed by atoms with Crippen molar-refractivity contribution in [2.24, 2.45) is 0 Å². The summed E-state index contributed by atoms with van der Waals surface area (Å²) in [5, 5.41) is 7.26. The van der Waals surface area contributed by atoms with Gasteiger partial charge in [-0.25, -0.2) is 4.98 Å². The van der Waals surface area contributed by atoms with Gasteiger partial charge in [0, 0.05) is 12.3 Å². The van der Waals surface area contributed by atoms with Gasteiger partial charge in [-0.3, -0.25) is 0 Å². The number of nitrogens with two attached hydrogens (primary N) is 1. The van der Waals surface area contributed by atoms with E-state index in [-0.39, 0.29) is 6.01 Å². The van der Waals surface area contributed by atoms with Gasteiger partial charge in [0.25, 0.3) is 5.89 Å². The highest BCUT2D eigenvalue weighted by Crippen LogP contribution is 2.18. The van der Waals surface area contributed by atoms with Gasteiger partial charge in [-0.2, -0.15) is 0 Å². The minimum atomic E-state index is 0.0378. The number of nitrogen functional groups attached to an aromatic ring is 1. The molecule has 0 aliphatic rings. The molecule has 0 spiro atoms. The normalized spacial score (nSPS) is 10.1. The van der Waals surface area contributed by atoms with Crippen LogP contribution in [0.4, 0.5) is 6.01 Å². The second kappa shape index (κ2) is 3.33. The Morgan fingerprint density at radius 3 is 2.71 bits per heavy atom. The molecule has 6 nitrogen and oxygen atoms in total. The quantitative estimate of drug-likeness (QED) is 0.754. The van der Waals surface area contributed by atoms with Crippen LogP contribution < -0.4 is 10.5 Å². The topological polar surface area (TPSA) is 87.1 Å². The van der Waals surface area contributed by atoms with E-state index in [9.17, 15) is 0 Å². The highest BCUT2D eigenvalue weighted by atomic mass is 16.5. The molecular formula is C8H8N4O2. The summed E-state index contributed by atoms with van der Waals surface area (Å²) in [5.74, 6) is 0.874. The molecule has 0 saturated carbocycles. The van der Waals surface area contributed by atoms with E-state index in [4.69, 9.17) is 14.9 Å². The van der Waals surface area contributed by atoms with E-state index in [1.807, 2.05) is 0 Å². The summed E-state index contributed by atoms with van der Waals surface area (Å²) in [7, 11) is 1.55. The molecule has 2 N–H and O–H groups in total. The summed E-state index contributed by atoms with van der Waals surface area (Å²) < 4.78 is 9.93. The van der Waals surface area contributed by atoms with Gasteiger partial charge in [-0.15, -0.1) is 5.10 Å². The summed E-state index contributed by atoms with van der Waals surface area (Å²) in [5.41, 5.74) is 5.99. The lowest BCUT2D eigenvalue weighted by Crippen LogP contribution is -1.87. The molecule has 0 radical (unpaired) electrons. The van der Waals surface area contributed by atoms with Crippen LogP contribution in [0.1, 0.15) is 0 Å². The summed E-state index contributed by atoms with van der Waals surface area (Å²) in [6.07, 6.45) is 1.58. The number of anilines is 1. The van der Waals surface area contributed by atoms with E-state index in [0.717, 1.165) is 0 Å². The first-order valence-electron chi connectivity index (χ1n) is 3.89. The third-order valence-electron chi connectivity index (χ3n) is 1.63. The fourth-order valence-electron chi connectivity index (χ4n) is 0.979. The molecule has 0 aromatic carbocycles. The van der Waals surface area contributed by atoms with Crippen molar-refractivity contribution in [3.05, 3.63) is 18.3 Å². The molecule has 14 heavy (non-hydrogen) atoms. The minimum Gasteiger partial charge on any atom is -0.481 e. The third kappa shape index (κ3) is 1.49. The first kappa shape index (κ1) is 8.49. The average molecular weight is 192 g/mol. The van der Waals surface area contributed by atoms with E-state index in [1.54, 1.807) is 25.4 Å². The van der Waals surface area contributed by atoms with Crippen molar-refractivity contribution in [3.63, 3.8) is 0 Å². The van der Waals surface area contributed by atoms with Gasteiger partial charge in [0.1, 0.15) is 0 Å². The van der Waals surface area contributed by atoms with E-state index >= 15 is 0 Å². The number of rotatable bonds is 2. The zero-order valence-electron chi connectivity index (χ0n) is 7.47. The Morgan fingerprint density at radius 1 is 1.36 bits per heavy atom. The largest absolute Gasteiger partial charge is 0.481 e. The van der Waals surface area contributed by atoms with Crippen LogP contribution in [0.2, 0.25) is 0 Å².